The number of ether oxygens (including phenoxy) is 1. The first-order valence-corrected chi connectivity index (χ1v) is 11.3. The van der Waals surface area contributed by atoms with Gasteiger partial charge >= 0.3 is 0 Å². The van der Waals surface area contributed by atoms with Crippen LogP contribution in [0.4, 0.5) is 10.7 Å². The van der Waals surface area contributed by atoms with E-state index in [9.17, 15) is 10.1 Å². The summed E-state index contributed by atoms with van der Waals surface area (Å²) in [6, 6.07) is 10.4. The van der Waals surface area contributed by atoms with Gasteiger partial charge in [0.25, 0.3) is 0 Å². The zero-order valence-corrected chi connectivity index (χ0v) is 18.4. The van der Waals surface area contributed by atoms with E-state index in [0.29, 0.717) is 18.0 Å². The molecule has 0 radical (unpaired) electrons. The van der Waals surface area contributed by atoms with Crippen LogP contribution in [0.5, 0.6) is 5.75 Å². The molecule has 2 heterocycles. The maximum Gasteiger partial charge on any atom is 0.239 e. The predicted octanol–water partition coefficient (Wildman–Crippen LogP) is 3.51. The number of benzene rings is 1. The highest BCUT2D eigenvalue weighted by Gasteiger charge is 2.25. The average Bonchev–Trinajstić information content (AvgIpc) is 3.09. The van der Waals surface area contributed by atoms with Crippen LogP contribution in [-0.2, 0) is 17.6 Å². The summed E-state index contributed by atoms with van der Waals surface area (Å²) in [7, 11) is 1.68. The van der Waals surface area contributed by atoms with Gasteiger partial charge in [-0.2, -0.15) is 5.26 Å². The van der Waals surface area contributed by atoms with Crippen molar-refractivity contribution in [3.8, 4) is 11.8 Å². The number of nitrogens with zero attached hydrogens (tertiary/aromatic N) is 3. The van der Waals surface area contributed by atoms with E-state index in [1.165, 1.54) is 4.88 Å². The summed E-state index contributed by atoms with van der Waals surface area (Å²) >= 11 is 1.59. The largest absolute Gasteiger partial charge is 0.497 e. The third-order valence-corrected chi connectivity index (χ3v) is 7.20. The topological polar surface area (TPSA) is 68.6 Å². The van der Waals surface area contributed by atoms with Gasteiger partial charge in [-0.25, -0.2) is 0 Å². The summed E-state index contributed by atoms with van der Waals surface area (Å²) < 4.78 is 5.32. The Morgan fingerprint density at radius 3 is 2.87 bits per heavy atom. The molecule has 1 fully saturated rings. The lowest BCUT2D eigenvalue weighted by Gasteiger charge is -2.35. The molecule has 1 aliphatic carbocycles. The second-order valence-corrected chi connectivity index (χ2v) is 9.29. The molecule has 2 aromatic rings. The maximum atomic E-state index is 12.7. The summed E-state index contributed by atoms with van der Waals surface area (Å²) in [6.45, 7) is 6.00. The number of hydrogen-bond donors (Lipinski definition) is 1. The van der Waals surface area contributed by atoms with Crippen LogP contribution in [0.25, 0.3) is 0 Å². The van der Waals surface area contributed by atoms with Gasteiger partial charge < -0.3 is 15.0 Å². The summed E-state index contributed by atoms with van der Waals surface area (Å²) in [6.07, 6.45) is 3.07. The minimum absolute atomic E-state index is 0.0343. The molecule has 1 aliphatic heterocycles. The summed E-state index contributed by atoms with van der Waals surface area (Å²) in [5.74, 6) is 1.47. The van der Waals surface area contributed by atoms with Crippen LogP contribution in [0.3, 0.4) is 0 Å². The second kappa shape index (κ2) is 9.07. The number of nitrogens with one attached hydrogen (secondary N) is 1. The zero-order chi connectivity index (χ0) is 21.1. The fraction of sp³-hybridized carbons (Fsp3) is 0.478. The number of fused-ring (bicyclic) bond motifs is 1. The van der Waals surface area contributed by atoms with Gasteiger partial charge in [0.05, 0.1) is 19.2 Å². The molecule has 0 spiro atoms. The average molecular weight is 425 g/mol. The molecule has 1 saturated heterocycles. The molecule has 0 saturated carbocycles. The number of nitriles is 1. The van der Waals surface area contributed by atoms with Gasteiger partial charge in [0, 0.05) is 42.8 Å². The molecule has 1 amide bonds. The number of carbonyl (C=O) groups is 1. The van der Waals surface area contributed by atoms with Gasteiger partial charge in [0.1, 0.15) is 16.8 Å². The van der Waals surface area contributed by atoms with Crippen LogP contribution >= 0.6 is 11.3 Å². The van der Waals surface area contributed by atoms with Gasteiger partial charge in [0.2, 0.25) is 5.91 Å². The van der Waals surface area contributed by atoms with Gasteiger partial charge in [-0.3, -0.25) is 9.69 Å². The molecule has 1 N–H and O–H groups in total. The van der Waals surface area contributed by atoms with E-state index in [2.05, 4.69) is 34.2 Å². The fourth-order valence-corrected chi connectivity index (χ4v) is 5.68. The van der Waals surface area contributed by atoms with Crippen molar-refractivity contribution in [2.75, 3.05) is 50.1 Å². The van der Waals surface area contributed by atoms with Crippen LogP contribution in [-0.4, -0.2) is 50.6 Å². The van der Waals surface area contributed by atoms with Crippen molar-refractivity contribution in [2.24, 2.45) is 5.92 Å². The third kappa shape index (κ3) is 4.45. The Morgan fingerprint density at radius 1 is 1.33 bits per heavy atom. The Labute approximate surface area is 182 Å². The molecule has 0 unspecified atom stereocenters. The first-order valence-electron chi connectivity index (χ1n) is 10.5. The van der Waals surface area contributed by atoms with E-state index in [1.54, 1.807) is 18.4 Å². The van der Waals surface area contributed by atoms with Crippen LogP contribution < -0.4 is 15.0 Å². The monoisotopic (exact) mass is 424 g/mol. The molecule has 0 bridgehead atoms. The number of methoxy groups -OCH3 is 1. The molecule has 1 atom stereocenters. The first kappa shape index (κ1) is 20.7. The Kier molecular flexibility index (Phi) is 6.26. The Bertz CT molecular complexity index is 957. The SMILES string of the molecule is COc1cccc(N2CCN(CC(=O)Nc3sc4c(c3C#N)CC[C@H](C)C4)CC2)c1. The van der Waals surface area contributed by atoms with E-state index >= 15 is 0 Å². The molecule has 7 heteroatoms. The van der Waals surface area contributed by atoms with E-state index in [-0.39, 0.29) is 5.91 Å². The van der Waals surface area contributed by atoms with Gasteiger partial charge in [0.15, 0.2) is 0 Å². The first-order chi connectivity index (χ1) is 14.6. The van der Waals surface area contributed by atoms with Crippen molar-refractivity contribution in [1.29, 1.82) is 5.26 Å². The lowest BCUT2D eigenvalue weighted by Crippen LogP contribution is -2.48. The van der Waals surface area contributed by atoms with Crippen LogP contribution in [0.2, 0.25) is 0 Å². The summed E-state index contributed by atoms with van der Waals surface area (Å²) in [5, 5.41) is 13.4. The van der Waals surface area contributed by atoms with Crippen molar-refractivity contribution in [2.45, 2.75) is 26.2 Å². The van der Waals surface area contributed by atoms with Crippen molar-refractivity contribution in [1.82, 2.24) is 4.90 Å². The maximum absolute atomic E-state index is 12.7. The van der Waals surface area contributed by atoms with Crippen molar-refractivity contribution in [3.63, 3.8) is 0 Å². The number of anilines is 2. The fourth-order valence-electron chi connectivity index (χ4n) is 4.30. The van der Waals surface area contributed by atoms with Crippen LogP contribution in [0.15, 0.2) is 24.3 Å². The predicted molar refractivity (Wildman–Crippen MR) is 120 cm³/mol. The Hall–Kier alpha value is -2.56. The number of hydrogen-bond acceptors (Lipinski definition) is 6. The molecule has 158 valence electrons. The van der Waals surface area contributed by atoms with Gasteiger partial charge in [-0.15, -0.1) is 11.3 Å². The molecule has 30 heavy (non-hydrogen) atoms. The molecule has 2 aliphatic rings. The minimum Gasteiger partial charge on any atom is -0.497 e. The van der Waals surface area contributed by atoms with E-state index in [4.69, 9.17) is 4.74 Å². The Balaban J connectivity index is 1.33. The highest BCUT2D eigenvalue weighted by Crippen LogP contribution is 2.39. The Morgan fingerprint density at radius 2 is 2.13 bits per heavy atom. The number of thiophene rings is 1. The number of piperazine rings is 1. The summed E-state index contributed by atoms with van der Waals surface area (Å²) in [5.41, 5.74) is 2.98. The number of carbonyl (C=O) groups excluding carboxylic acids is 1. The highest BCUT2D eigenvalue weighted by molar-refractivity contribution is 7.16. The summed E-state index contributed by atoms with van der Waals surface area (Å²) in [4.78, 5) is 18.4. The molecule has 4 rings (SSSR count). The third-order valence-electron chi connectivity index (χ3n) is 6.03. The minimum atomic E-state index is -0.0343. The van der Waals surface area contributed by atoms with Crippen molar-refractivity contribution in [3.05, 3.63) is 40.3 Å². The van der Waals surface area contributed by atoms with E-state index < -0.39 is 0 Å². The van der Waals surface area contributed by atoms with Gasteiger partial charge in [-0.05, 0) is 42.9 Å². The second-order valence-electron chi connectivity index (χ2n) is 8.18. The zero-order valence-electron chi connectivity index (χ0n) is 17.6. The lowest BCUT2D eigenvalue weighted by atomic mass is 9.89. The number of rotatable bonds is 5. The van der Waals surface area contributed by atoms with Gasteiger partial charge in [-0.1, -0.05) is 13.0 Å². The molecule has 6 nitrogen and oxygen atoms in total. The standard InChI is InChI=1S/C23H28N4O2S/c1-16-6-7-19-20(14-24)23(30-21(19)12-16)25-22(28)15-26-8-10-27(11-9-26)17-4-3-5-18(13-17)29-2/h3-5,13,16H,6-12,15H2,1-2H3,(H,25,28)/t16-/m0/s1. The lowest BCUT2D eigenvalue weighted by molar-refractivity contribution is -0.117. The van der Waals surface area contributed by atoms with Crippen LogP contribution in [0, 0.1) is 17.2 Å². The van der Waals surface area contributed by atoms with E-state index in [0.717, 1.165) is 67.4 Å². The molecular formula is C23H28N4O2S. The van der Waals surface area contributed by atoms with Crippen LogP contribution in [0.1, 0.15) is 29.3 Å². The molecular weight excluding hydrogens is 396 g/mol. The molecule has 1 aromatic carbocycles. The van der Waals surface area contributed by atoms with Crippen molar-refractivity contribution < 1.29 is 9.53 Å². The van der Waals surface area contributed by atoms with E-state index in [1.807, 2.05) is 18.2 Å². The number of amides is 1. The normalized spacial score (nSPS) is 19.1. The van der Waals surface area contributed by atoms with Crippen molar-refractivity contribution >= 4 is 27.9 Å². The highest BCUT2D eigenvalue weighted by atomic mass is 32.1. The quantitative estimate of drug-likeness (QED) is 0.795. The molecule has 1 aromatic heterocycles. The smallest absolute Gasteiger partial charge is 0.239 e.